The van der Waals surface area contributed by atoms with Crippen LogP contribution in [0.3, 0.4) is 0 Å². The normalized spacial score (nSPS) is 10.0. The van der Waals surface area contributed by atoms with Crippen LogP contribution < -0.4 is 5.73 Å². The molecule has 0 spiro atoms. The Morgan fingerprint density at radius 3 is 2.88 bits per heavy atom. The third kappa shape index (κ3) is 3.86. The SMILES string of the molecule is CCOC(=O)CSc1nc(N)nc(Cl)c1C=O. The zero-order valence-corrected chi connectivity index (χ0v) is 10.5. The number of esters is 1. The first kappa shape index (κ1) is 13.7. The Morgan fingerprint density at radius 2 is 2.29 bits per heavy atom. The summed E-state index contributed by atoms with van der Waals surface area (Å²) in [4.78, 5) is 29.4. The number of aromatic nitrogens is 2. The van der Waals surface area contributed by atoms with Gasteiger partial charge in [-0.05, 0) is 6.92 Å². The van der Waals surface area contributed by atoms with E-state index in [1.165, 1.54) is 0 Å². The van der Waals surface area contributed by atoms with Gasteiger partial charge in [-0.15, -0.1) is 0 Å². The molecule has 1 rings (SSSR count). The van der Waals surface area contributed by atoms with Crippen molar-refractivity contribution in [1.82, 2.24) is 9.97 Å². The van der Waals surface area contributed by atoms with Crippen molar-refractivity contribution in [2.45, 2.75) is 11.9 Å². The fourth-order valence-electron chi connectivity index (χ4n) is 0.977. The van der Waals surface area contributed by atoms with Crippen LogP contribution in [0.15, 0.2) is 5.03 Å². The summed E-state index contributed by atoms with van der Waals surface area (Å²) in [6.45, 7) is 2.01. The average Bonchev–Trinajstić information content (AvgIpc) is 2.26. The third-order valence-electron chi connectivity index (χ3n) is 1.63. The van der Waals surface area contributed by atoms with Crippen molar-refractivity contribution in [2.75, 3.05) is 18.1 Å². The minimum absolute atomic E-state index is 0.0288. The van der Waals surface area contributed by atoms with Crippen molar-refractivity contribution in [2.24, 2.45) is 0 Å². The highest BCUT2D eigenvalue weighted by Crippen LogP contribution is 2.24. The summed E-state index contributed by atoms with van der Waals surface area (Å²) < 4.78 is 4.74. The number of aldehydes is 1. The van der Waals surface area contributed by atoms with Crippen molar-refractivity contribution in [3.63, 3.8) is 0 Å². The Labute approximate surface area is 107 Å². The van der Waals surface area contributed by atoms with Crippen molar-refractivity contribution >= 4 is 41.6 Å². The van der Waals surface area contributed by atoms with E-state index in [0.717, 1.165) is 11.8 Å². The summed E-state index contributed by atoms with van der Waals surface area (Å²) in [6.07, 6.45) is 0.523. The number of nitrogens with two attached hydrogens (primary N) is 1. The smallest absolute Gasteiger partial charge is 0.316 e. The fraction of sp³-hybridized carbons (Fsp3) is 0.333. The molecule has 1 aromatic rings. The molecule has 0 aromatic carbocycles. The molecule has 92 valence electrons. The van der Waals surface area contributed by atoms with E-state index in [-0.39, 0.29) is 27.4 Å². The first-order valence-electron chi connectivity index (χ1n) is 4.65. The molecule has 0 amide bonds. The molecule has 0 aliphatic heterocycles. The zero-order valence-electron chi connectivity index (χ0n) is 8.97. The molecule has 0 saturated carbocycles. The minimum atomic E-state index is -0.400. The van der Waals surface area contributed by atoms with E-state index in [0.29, 0.717) is 12.9 Å². The standard InChI is InChI=1S/C9H10ClN3O3S/c1-2-16-6(15)4-17-8-5(3-14)7(10)12-9(11)13-8/h3H,2,4H2,1H3,(H2,11,12,13). The lowest BCUT2D eigenvalue weighted by atomic mass is 10.4. The van der Waals surface area contributed by atoms with Crippen LogP contribution in [0.5, 0.6) is 0 Å². The van der Waals surface area contributed by atoms with Gasteiger partial charge in [0.2, 0.25) is 5.95 Å². The molecule has 0 unspecified atom stereocenters. The molecule has 6 nitrogen and oxygen atoms in total. The lowest BCUT2D eigenvalue weighted by Gasteiger charge is -2.05. The summed E-state index contributed by atoms with van der Waals surface area (Å²) in [5, 5.41) is 0.240. The molecule has 0 radical (unpaired) electrons. The molecule has 17 heavy (non-hydrogen) atoms. The molecular weight excluding hydrogens is 266 g/mol. The quantitative estimate of drug-likeness (QED) is 0.373. The maximum atomic E-state index is 11.1. The Bertz CT molecular complexity index is 442. The van der Waals surface area contributed by atoms with Crippen LogP contribution in [0.2, 0.25) is 5.15 Å². The number of carbonyl (C=O) groups excluding carboxylic acids is 2. The Morgan fingerprint density at radius 1 is 1.59 bits per heavy atom. The molecular formula is C9H10ClN3O3S. The van der Waals surface area contributed by atoms with Gasteiger partial charge in [-0.3, -0.25) is 9.59 Å². The number of anilines is 1. The Hall–Kier alpha value is -1.34. The topological polar surface area (TPSA) is 95.2 Å². The molecule has 0 bridgehead atoms. The first-order chi connectivity index (χ1) is 8.08. The van der Waals surface area contributed by atoms with Crippen LogP contribution in [0.4, 0.5) is 5.95 Å². The van der Waals surface area contributed by atoms with E-state index in [4.69, 9.17) is 22.1 Å². The summed E-state index contributed by atoms with van der Waals surface area (Å²) in [6, 6.07) is 0. The van der Waals surface area contributed by atoms with Crippen LogP contribution in [-0.4, -0.2) is 34.6 Å². The summed E-state index contributed by atoms with van der Waals surface area (Å²) >= 11 is 6.75. The molecule has 0 aliphatic carbocycles. The number of hydrogen-bond acceptors (Lipinski definition) is 7. The van der Waals surface area contributed by atoms with E-state index in [1.807, 2.05) is 0 Å². The van der Waals surface area contributed by atoms with Crippen LogP contribution in [0.25, 0.3) is 0 Å². The molecule has 0 saturated heterocycles. The fourth-order valence-corrected chi connectivity index (χ4v) is 2.05. The third-order valence-corrected chi connectivity index (χ3v) is 2.88. The molecule has 8 heteroatoms. The minimum Gasteiger partial charge on any atom is -0.465 e. The van der Waals surface area contributed by atoms with Gasteiger partial charge in [0, 0.05) is 0 Å². The molecule has 0 atom stereocenters. The zero-order chi connectivity index (χ0) is 12.8. The predicted molar refractivity (Wildman–Crippen MR) is 64.2 cm³/mol. The average molecular weight is 276 g/mol. The number of ether oxygens (including phenoxy) is 1. The van der Waals surface area contributed by atoms with Crippen molar-refractivity contribution in [3.05, 3.63) is 10.7 Å². The van der Waals surface area contributed by atoms with E-state index in [9.17, 15) is 9.59 Å². The molecule has 2 N–H and O–H groups in total. The summed E-state index contributed by atoms with van der Waals surface area (Å²) in [7, 11) is 0. The van der Waals surface area contributed by atoms with E-state index in [1.54, 1.807) is 6.92 Å². The van der Waals surface area contributed by atoms with Gasteiger partial charge in [-0.25, -0.2) is 9.97 Å². The molecule has 1 heterocycles. The first-order valence-corrected chi connectivity index (χ1v) is 6.01. The Balaban J connectivity index is 2.83. The second-order valence-electron chi connectivity index (χ2n) is 2.80. The van der Waals surface area contributed by atoms with Crippen molar-refractivity contribution in [1.29, 1.82) is 0 Å². The highest BCUT2D eigenvalue weighted by molar-refractivity contribution is 8.00. The van der Waals surface area contributed by atoms with E-state index >= 15 is 0 Å². The molecule has 0 fully saturated rings. The monoisotopic (exact) mass is 275 g/mol. The van der Waals surface area contributed by atoms with Crippen LogP contribution in [0, 0.1) is 0 Å². The largest absolute Gasteiger partial charge is 0.465 e. The second kappa shape index (κ2) is 6.41. The predicted octanol–water partition coefficient (Wildman–Crippen LogP) is 1.18. The van der Waals surface area contributed by atoms with Crippen LogP contribution in [-0.2, 0) is 9.53 Å². The van der Waals surface area contributed by atoms with Crippen molar-refractivity contribution in [3.8, 4) is 0 Å². The maximum absolute atomic E-state index is 11.1. The van der Waals surface area contributed by atoms with E-state index < -0.39 is 5.97 Å². The number of nitrogen functional groups attached to an aromatic ring is 1. The van der Waals surface area contributed by atoms with Gasteiger partial charge in [-0.2, -0.15) is 0 Å². The van der Waals surface area contributed by atoms with Gasteiger partial charge in [0.25, 0.3) is 0 Å². The summed E-state index contributed by atoms with van der Waals surface area (Å²) in [5.41, 5.74) is 5.52. The number of hydrogen-bond donors (Lipinski definition) is 1. The second-order valence-corrected chi connectivity index (χ2v) is 4.13. The van der Waals surface area contributed by atoms with Gasteiger partial charge in [-0.1, -0.05) is 23.4 Å². The lowest BCUT2D eigenvalue weighted by Crippen LogP contribution is -2.08. The number of halogens is 1. The number of thioether (sulfide) groups is 1. The molecule has 1 aromatic heterocycles. The highest BCUT2D eigenvalue weighted by Gasteiger charge is 2.13. The van der Waals surface area contributed by atoms with Crippen LogP contribution >= 0.6 is 23.4 Å². The Kier molecular flexibility index (Phi) is 5.17. The lowest BCUT2D eigenvalue weighted by molar-refractivity contribution is -0.139. The van der Waals surface area contributed by atoms with Gasteiger partial charge in [0.15, 0.2) is 6.29 Å². The van der Waals surface area contributed by atoms with Gasteiger partial charge < -0.3 is 10.5 Å². The number of nitrogens with zero attached hydrogens (tertiary/aromatic N) is 2. The summed E-state index contributed by atoms with van der Waals surface area (Å²) in [5.74, 6) is -0.420. The van der Waals surface area contributed by atoms with Gasteiger partial charge >= 0.3 is 5.97 Å². The van der Waals surface area contributed by atoms with Crippen molar-refractivity contribution < 1.29 is 14.3 Å². The maximum Gasteiger partial charge on any atom is 0.316 e. The van der Waals surface area contributed by atoms with Crippen LogP contribution in [0.1, 0.15) is 17.3 Å². The highest BCUT2D eigenvalue weighted by atomic mass is 35.5. The number of carbonyl (C=O) groups is 2. The number of rotatable bonds is 5. The van der Waals surface area contributed by atoms with Gasteiger partial charge in [0.1, 0.15) is 10.2 Å². The van der Waals surface area contributed by atoms with E-state index in [2.05, 4.69) is 9.97 Å². The van der Waals surface area contributed by atoms with Gasteiger partial charge in [0.05, 0.1) is 17.9 Å². The molecule has 0 aliphatic rings.